The lowest BCUT2D eigenvalue weighted by atomic mass is 10.0. The molecule has 9 N–H and O–H groups in total. The molecule has 3 amide bonds. The van der Waals surface area contributed by atoms with Gasteiger partial charge in [-0.25, -0.2) is 4.79 Å². The molecule has 0 bridgehead atoms. The van der Waals surface area contributed by atoms with Crippen LogP contribution in [-0.2, 0) is 25.6 Å². The van der Waals surface area contributed by atoms with Crippen LogP contribution in [0.1, 0.15) is 50.5 Å². The first kappa shape index (κ1) is 29.7. The Labute approximate surface area is 205 Å². The fourth-order valence-corrected chi connectivity index (χ4v) is 3.46. The number of hydrogen-bond acceptors (Lipinski definition) is 7. The van der Waals surface area contributed by atoms with Crippen molar-refractivity contribution in [1.82, 2.24) is 16.0 Å². The average molecular weight is 491 g/mol. The van der Waals surface area contributed by atoms with E-state index in [9.17, 15) is 24.3 Å². The molecular weight excluding hydrogens is 452 g/mol. The van der Waals surface area contributed by atoms with Crippen molar-refractivity contribution in [2.45, 2.75) is 69.5 Å². The molecule has 0 unspecified atom stereocenters. The first-order valence-electron chi connectivity index (χ1n) is 11.9. The number of carboxylic acids is 1. The van der Waals surface area contributed by atoms with Crippen molar-refractivity contribution in [1.29, 1.82) is 5.41 Å². The summed E-state index contributed by atoms with van der Waals surface area (Å²) in [5, 5.41) is 24.4. The van der Waals surface area contributed by atoms with Gasteiger partial charge in [0.05, 0.1) is 6.42 Å². The number of carbonyl (C=O) groups is 4. The highest BCUT2D eigenvalue weighted by atomic mass is 16.4. The van der Waals surface area contributed by atoms with Crippen molar-refractivity contribution in [2.24, 2.45) is 11.5 Å². The first-order valence-corrected chi connectivity index (χ1v) is 11.9. The van der Waals surface area contributed by atoms with Gasteiger partial charge in [0.2, 0.25) is 17.7 Å². The van der Waals surface area contributed by atoms with Crippen LogP contribution in [0.15, 0.2) is 30.3 Å². The van der Waals surface area contributed by atoms with Gasteiger partial charge in [-0.3, -0.25) is 14.4 Å². The number of unbranched alkanes of at least 4 members (excludes halogenated alkanes) is 2. The Kier molecular flexibility index (Phi) is 14.6. The predicted octanol–water partition coefficient (Wildman–Crippen LogP) is 0.0658. The number of rotatable bonds is 18. The summed E-state index contributed by atoms with van der Waals surface area (Å²) in [5.74, 6) is -2.85. The van der Waals surface area contributed by atoms with E-state index in [0.29, 0.717) is 45.2 Å². The highest BCUT2D eigenvalue weighted by Gasteiger charge is 2.29. The monoisotopic (exact) mass is 490 g/mol. The zero-order valence-electron chi connectivity index (χ0n) is 20.0. The van der Waals surface area contributed by atoms with Crippen LogP contribution >= 0.6 is 0 Å². The van der Waals surface area contributed by atoms with Crippen LogP contribution in [-0.4, -0.2) is 66.2 Å². The van der Waals surface area contributed by atoms with Gasteiger partial charge in [0.15, 0.2) is 0 Å². The van der Waals surface area contributed by atoms with E-state index in [0.717, 1.165) is 11.8 Å². The molecule has 1 rings (SSSR count). The van der Waals surface area contributed by atoms with E-state index in [1.165, 1.54) is 0 Å². The Morgan fingerprint density at radius 3 is 1.91 bits per heavy atom. The van der Waals surface area contributed by atoms with E-state index in [2.05, 4.69) is 16.0 Å². The van der Waals surface area contributed by atoms with Gasteiger partial charge < -0.3 is 37.9 Å². The Morgan fingerprint density at radius 1 is 0.829 bits per heavy atom. The summed E-state index contributed by atoms with van der Waals surface area (Å²) in [5.41, 5.74) is 11.8. The Bertz CT molecular complexity index is 820. The van der Waals surface area contributed by atoms with Gasteiger partial charge in [-0.15, -0.1) is 0 Å². The summed E-state index contributed by atoms with van der Waals surface area (Å²) in [6, 6.07) is 5.93. The molecule has 0 aliphatic heterocycles. The average Bonchev–Trinajstić information content (AvgIpc) is 2.83. The normalized spacial score (nSPS) is 13.2. The molecule has 0 spiro atoms. The number of nitrogens with two attached hydrogens (primary N) is 2. The summed E-state index contributed by atoms with van der Waals surface area (Å²) >= 11 is 0. The van der Waals surface area contributed by atoms with Crippen LogP contribution in [0.25, 0.3) is 0 Å². The highest BCUT2D eigenvalue weighted by molar-refractivity contribution is 5.95. The zero-order valence-corrected chi connectivity index (χ0v) is 20.0. The number of amides is 3. The van der Waals surface area contributed by atoms with Crippen LogP contribution in [0.4, 0.5) is 0 Å². The third-order valence-corrected chi connectivity index (χ3v) is 5.36. The van der Waals surface area contributed by atoms with Gasteiger partial charge >= 0.3 is 5.97 Å². The maximum atomic E-state index is 13.1. The minimum atomic E-state index is -1.17. The van der Waals surface area contributed by atoms with Gasteiger partial charge in [0, 0.05) is 12.6 Å². The van der Waals surface area contributed by atoms with E-state index >= 15 is 0 Å². The van der Waals surface area contributed by atoms with Gasteiger partial charge in [-0.05, 0) is 57.2 Å². The molecule has 35 heavy (non-hydrogen) atoms. The van der Waals surface area contributed by atoms with Crippen LogP contribution in [0, 0.1) is 5.41 Å². The molecule has 3 atom stereocenters. The van der Waals surface area contributed by atoms with E-state index in [4.69, 9.17) is 16.9 Å². The third-order valence-electron chi connectivity index (χ3n) is 5.36. The van der Waals surface area contributed by atoms with E-state index in [1.807, 2.05) is 6.07 Å². The fraction of sp³-hybridized carbons (Fsp3) is 0.542. The summed E-state index contributed by atoms with van der Waals surface area (Å²) in [6.45, 7) is 0.852. The summed E-state index contributed by atoms with van der Waals surface area (Å²) in [7, 11) is 0. The maximum Gasteiger partial charge on any atom is 0.326 e. The molecule has 0 saturated carbocycles. The molecule has 194 valence electrons. The van der Waals surface area contributed by atoms with Crippen molar-refractivity contribution in [2.75, 3.05) is 13.1 Å². The maximum absolute atomic E-state index is 13.1. The van der Waals surface area contributed by atoms with Crippen molar-refractivity contribution in [3.8, 4) is 0 Å². The summed E-state index contributed by atoms with van der Waals surface area (Å²) in [6.07, 6.45) is 3.82. The third kappa shape index (κ3) is 12.1. The Hall–Kier alpha value is -3.31. The van der Waals surface area contributed by atoms with Gasteiger partial charge in [-0.2, -0.15) is 0 Å². The molecule has 11 nitrogen and oxygen atoms in total. The zero-order chi connectivity index (χ0) is 26.1. The topological polar surface area (TPSA) is 200 Å². The lowest BCUT2D eigenvalue weighted by Gasteiger charge is -2.25. The number of carbonyl (C=O) groups excluding carboxylic acids is 3. The molecule has 0 fully saturated rings. The number of nitrogens with one attached hydrogen (secondary N) is 4. The van der Waals surface area contributed by atoms with Crippen molar-refractivity contribution in [3.05, 3.63) is 35.9 Å². The number of aliphatic carboxylic acids is 1. The molecule has 1 aromatic carbocycles. The largest absolute Gasteiger partial charge is 0.480 e. The van der Waals surface area contributed by atoms with E-state index < -0.39 is 41.8 Å². The molecule has 0 aromatic heterocycles. The van der Waals surface area contributed by atoms with Crippen LogP contribution < -0.4 is 27.4 Å². The molecule has 0 aliphatic carbocycles. The smallest absolute Gasteiger partial charge is 0.326 e. The quantitative estimate of drug-likeness (QED) is 0.111. The second-order valence-electron chi connectivity index (χ2n) is 8.25. The van der Waals surface area contributed by atoms with Gasteiger partial charge in [0.1, 0.15) is 18.1 Å². The van der Waals surface area contributed by atoms with Crippen LogP contribution in [0.5, 0.6) is 0 Å². The molecule has 0 aliphatic rings. The van der Waals surface area contributed by atoms with Gasteiger partial charge in [0.25, 0.3) is 0 Å². The first-order chi connectivity index (χ1) is 16.8. The Morgan fingerprint density at radius 2 is 1.37 bits per heavy atom. The standard InChI is InChI=1S/C24H38N6O5/c25-13-6-4-10-18(28-21(31)12-15-27)22(32)30-20(16-17-8-2-1-3-9-17)23(33)29-19(24(34)35)11-5-7-14-26/h1-3,8-9,15,18-20,27H,4-7,10-14,16,25-26H2,(H,28,31)(H,29,33)(H,30,32)(H,34,35)/t18-,19-,20-/m0/s1. The molecule has 0 heterocycles. The highest BCUT2D eigenvalue weighted by Crippen LogP contribution is 2.08. The SMILES string of the molecule is N=CCC(=O)N[C@@H](CCCCN)C(=O)N[C@@H](Cc1ccccc1)C(=O)N[C@@H](CCCCN)C(=O)O. The number of benzene rings is 1. The van der Waals surface area contributed by atoms with Crippen molar-refractivity contribution < 1.29 is 24.3 Å². The van der Waals surface area contributed by atoms with Crippen molar-refractivity contribution >= 4 is 29.9 Å². The van der Waals surface area contributed by atoms with E-state index in [-0.39, 0.29) is 19.3 Å². The second kappa shape index (κ2) is 17.2. The molecular formula is C24H38N6O5. The minimum Gasteiger partial charge on any atom is -0.480 e. The van der Waals surface area contributed by atoms with Gasteiger partial charge in [-0.1, -0.05) is 30.3 Å². The van der Waals surface area contributed by atoms with Crippen LogP contribution in [0.2, 0.25) is 0 Å². The summed E-state index contributed by atoms with van der Waals surface area (Å²) in [4.78, 5) is 49.9. The lowest BCUT2D eigenvalue weighted by molar-refractivity contribution is -0.142. The van der Waals surface area contributed by atoms with Crippen molar-refractivity contribution in [3.63, 3.8) is 0 Å². The van der Waals surface area contributed by atoms with E-state index in [1.54, 1.807) is 24.3 Å². The second-order valence-corrected chi connectivity index (χ2v) is 8.25. The predicted molar refractivity (Wildman–Crippen MR) is 133 cm³/mol. The fourth-order valence-electron chi connectivity index (χ4n) is 3.46. The number of carboxylic acid groups (broad SMARTS) is 1. The minimum absolute atomic E-state index is 0.136. The number of hydrogen-bond donors (Lipinski definition) is 7. The molecule has 1 aromatic rings. The van der Waals surface area contributed by atoms with Crippen LogP contribution in [0.3, 0.4) is 0 Å². The Balaban J connectivity index is 3.03. The molecule has 0 saturated heterocycles. The molecule has 0 radical (unpaired) electrons. The summed E-state index contributed by atoms with van der Waals surface area (Å²) < 4.78 is 0. The molecule has 11 heteroatoms. The lowest BCUT2D eigenvalue weighted by Crippen LogP contribution is -2.56.